The number of hydrogen-bond acceptors (Lipinski definition) is 3. The van der Waals surface area contributed by atoms with Gasteiger partial charge in [0.05, 0.1) is 10.7 Å². The molecule has 2 rings (SSSR count). The number of nitrogen functional groups attached to an aromatic ring is 1. The normalized spacial score (nSPS) is 15.9. The molecule has 0 radical (unpaired) electrons. The van der Waals surface area contributed by atoms with Crippen LogP contribution in [-0.2, 0) is 10.0 Å². The quantitative estimate of drug-likeness (QED) is 0.817. The van der Waals surface area contributed by atoms with Gasteiger partial charge in [-0.3, -0.25) is 0 Å². The van der Waals surface area contributed by atoms with Gasteiger partial charge in [0, 0.05) is 6.54 Å². The first kappa shape index (κ1) is 13.6. The summed E-state index contributed by atoms with van der Waals surface area (Å²) in [7, 11) is -3.73. The van der Waals surface area contributed by atoms with Crippen LogP contribution in [0, 0.1) is 11.7 Å². The highest BCUT2D eigenvalue weighted by molar-refractivity contribution is 7.89. The zero-order valence-corrected chi connectivity index (χ0v) is 11.2. The Bertz CT molecular complexity index is 558. The van der Waals surface area contributed by atoms with E-state index in [9.17, 15) is 12.8 Å². The number of hydrogen-bond donors (Lipinski definition) is 2. The first-order valence-corrected chi connectivity index (χ1v) is 7.50. The van der Waals surface area contributed by atoms with Crippen LogP contribution in [0.4, 0.5) is 10.1 Å². The molecule has 0 aromatic heterocycles. The molecule has 0 heterocycles. The van der Waals surface area contributed by atoms with Crippen molar-refractivity contribution in [2.24, 2.45) is 5.92 Å². The molecule has 1 aliphatic carbocycles. The van der Waals surface area contributed by atoms with Crippen LogP contribution in [0.25, 0.3) is 0 Å². The minimum atomic E-state index is -3.73. The van der Waals surface area contributed by atoms with Gasteiger partial charge in [-0.1, -0.05) is 24.4 Å². The standard InChI is InChI=1S/C11H14ClFN2O2S/c12-8-5-9(13)10(14)6-11(8)18(16,17)15-4-3-7-1-2-7/h5-7,15H,1-4,14H2. The molecule has 4 nitrogen and oxygen atoms in total. The molecule has 1 aromatic carbocycles. The maximum atomic E-state index is 13.1. The number of anilines is 1. The number of benzene rings is 1. The Morgan fingerprint density at radius 3 is 2.72 bits per heavy atom. The summed E-state index contributed by atoms with van der Waals surface area (Å²) >= 11 is 5.73. The van der Waals surface area contributed by atoms with Crippen molar-refractivity contribution < 1.29 is 12.8 Å². The van der Waals surface area contributed by atoms with E-state index in [0.29, 0.717) is 12.5 Å². The minimum absolute atomic E-state index is 0.166. The molecule has 18 heavy (non-hydrogen) atoms. The zero-order valence-electron chi connectivity index (χ0n) is 9.62. The first-order valence-electron chi connectivity index (χ1n) is 5.64. The van der Waals surface area contributed by atoms with Crippen LogP contribution in [-0.4, -0.2) is 15.0 Å². The van der Waals surface area contributed by atoms with Gasteiger partial charge < -0.3 is 5.73 Å². The summed E-state index contributed by atoms with van der Waals surface area (Å²) in [6.07, 6.45) is 3.13. The van der Waals surface area contributed by atoms with Crippen LogP contribution in [0.2, 0.25) is 5.02 Å². The lowest BCUT2D eigenvalue weighted by Gasteiger charge is -2.09. The Balaban J connectivity index is 2.14. The van der Waals surface area contributed by atoms with E-state index in [1.54, 1.807) is 0 Å². The largest absolute Gasteiger partial charge is 0.396 e. The van der Waals surface area contributed by atoms with Crippen molar-refractivity contribution >= 4 is 27.3 Å². The predicted octanol–water partition coefficient (Wildman–Crippen LogP) is 2.14. The van der Waals surface area contributed by atoms with Crippen molar-refractivity contribution in [3.63, 3.8) is 0 Å². The molecule has 7 heteroatoms. The number of sulfonamides is 1. The second kappa shape index (κ2) is 5.03. The van der Waals surface area contributed by atoms with Crippen molar-refractivity contribution in [1.82, 2.24) is 4.72 Å². The third-order valence-electron chi connectivity index (χ3n) is 2.88. The van der Waals surface area contributed by atoms with Gasteiger partial charge in [0.1, 0.15) is 10.7 Å². The highest BCUT2D eigenvalue weighted by Gasteiger charge is 2.23. The summed E-state index contributed by atoms with van der Waals surface area (Å²) in [6, 6.07) is 1.95. The second-order valence-electron chi connectivity index (χ2n) is 4.43. The molecular weight excluding hydrogens is 279 g/mol. The number of nitrogens with one attached hydrogen (secondary N) is 1. The molecule has 100 valence electrons. The molecule has 0 amide bonds. The second-order valence-corrected chi connectivity index (χ2v) is 6.58. The topological polar surface area (TPSA) is 72.2 Å². The summed E-state index contributed by atoms with van der Waals surface area (Å²) in [5.74, 6) is -0.0987. The van der Waals surface area contributed by atoms with Crippen molar-refractivity contribution in [2.45, 2.75) is 24.2 Å². The maximum absolute atomic E-state index is 13.1. The van der Waals surface area contributed by atoms with E-state index in [1.165, 1.54) is 0 Å². The maximum Gasteiger partial charge on any atom is 0.242 e. The van der Waals surface area contributed by atoms with Gasteiger partial charge in [-0.15, -0.1) is 0 Å². The third kappa shape index (κ3) is 3.13. The minimum Gasteiger partial charge on any atom is -0.396 e. The van der Waals surface area contributed by atoms with Gasteiger partial charge in [0.15, 0.2) is 0 Å². The lowest BCUT2D eigenvalue weighted by atomic mass is 10.3. The summed E-state index contributed by atoms with van der Waals surface area (Å²) in [4.78, 5) is -0.182. The Hall–Kier alpha value is -0.850. The zero-order chi connectivity index (χ0) is 13.3. The van der Waals surface area contributed by atoms with E-state index >= 15 is 0 Å². The van der Waals surface area contributed by atoms with Crippen molar-refractivity contribution in [3.8, 4) is 0 Å². The molecule has 0 aliphatic heterocycles. The molecule has 0 bridgehead atoms. The lowest BCUT2D eigenvalue weighted by Crippen LogP contribution is -2.25. The SMILES string of the molecule is Nc1cc(S(=O)(=O)NCCC2CC2)c(Cl)cc1F. The fraction of sp³-hybridized carbons (Fsp3) is 0.455. The average Bonchev–Trinajstić information content (AvgIpc) is 3.07. The fourth-order valence-corrected chi connectivity index (χ4v) is 3.23. The van der Waals surface area contributed by atoms with E-state index in [0.717, 1.165) is 31.4 Å². The van der Waals surface area contributed by atoms with E-state index in [-0.39, 0.29) is 15.6 Å². The molecule has 0 atom stereocenters. The van der Waals surface area contributed by atoms with E-state index in [2.05, 4.69) is 4.72 Å². The molecular formula is C11H14ClFN2O2S. The Labute approximate surface area is 110 Å². The third-order valence-corrected chi connectivity index (χ3v) is 4.81. The molecule has 1 aliphatic rings. The molecule has 1 aromatic rings. The van der Waals surface area contributed by atoms with Crippen molar-refractivity contribution in [2.75, 3.05) is 12.3 Å². The molecule has 0 saturated heterocycles. The number of rotatable bonds is 5. The summed E-state index contributed by atoms with van der Waals surface area (Å²) in [5.41, 5.74) is 5.11. The summed E-state index contributed by atoms with van der Waals surface area (Å²) < 4.78 is 39.4. The van der Waals surface area contributed by atoms with Crippen LogP contribution in [0.1, 0.15) is 19.3 Å². The van der Waals surface area contributed by atoms with Gasteiger partial charge >= 0.3 is 0 Å². The monoisotopic (exact) mass is 292 g/mol. The molecule has 0 spiro atoms. The smallest absolute Gasteiger partial charge is 0.242 e. The van der Waals surface area contributed by atoms with Gasteiger partial charge in [-0.25, -0.2) is 17.5 Å². The van der Waals surface area contributed by atoms with Crippen LogP contribution < -0.4 is 10.5 Å². The average molecular weight is 293 g/mol. The van der Waals surface area contributed by atoms with E-state index in [1.807, 2.05) is 0 Å². The van der Waals surface area contributed by atoms with Crippen LogP contribution in [0.3, 0.4) is 0 Å². The van der Waals surface area contributed by atoms with E-state index < -0.39 is 15.8 Å². The Morgan fingerprint density at radius 2 is 2.11 bits per heavy atom. The summed E-state index contributed by atoms with van der Waals surface area (Å²) in [5, 5.41) is -0.166. The van der Waals surface area contributed by atoms with E-state index in [4.69, 9.17) is 17.3 Å². The lowest BCUT2D eigenvalue weighted by molar-refractivity contribution is 0.574. The molecule has 3 N–H and O–H groups in total. The number of nitrogens with two attached hydrogens (primary N) is 1. The van der Waals surface area contributed by atoms with Crippen LogP contribution in [0.5, 0.6) is 0 Å². The Kier molecular flexibility index (Phi) is 3.79. The van der Waals surface area contributed by atoms with Gasteiger partial charge in [-0.05, 0) is 24.5 Å². The van der Waals surface area contributed by atoms with Crippen LogP contribution >= 0.6 is 11.6 Å². The fourth-order valence-electron chi connectivity index (χ4n) is 1.63. The highest BCUT2D eigenvalue weighted by Crippen LogP contribution is 2.32. The Morgan fingerprint density at radius 1 is 1.44 bits per heavy atom. The predicted molar refractivity (Wildman–Crippen MR) is 68.4 cm³/mol. The molecule has 0 unspecified atom stereocenters. The van der Waals surface area contributed by atoms with Crippen molar-refractivity contribution in [3.05, 3.63) is 23.0 Å². The number of halogens is 2. The van der Waals surface area contributed by atoms with Crippen LogP contribution in [0.15, 0.2) is 17.0 Å². The van der Waals surface area contributed by atoms with Gasteiger partial charge in [0.2, 0.25) is 10.0 Å². The van der Waals surface area contributed by atoms with Gasteiger partial charge in [0.25, 0.3) is 0 Å². The highest BCUT2D eigenvalue weighted by atomic mass is 35.5. The summed E-state index contributed by atoms with van der Waals surface area (Å²) in [6.45, 7) is 0.362. The van der Waals surface area contributed by atoms with Gasteiger partial charge in [-0.2, -0.15) is 0 Å². The first-order chi connectivity index (χ1) is 8.40. The molecule has 1 saturated carbocycles. The van der Waals surface area contributed by atoms with Crippen molar-refractivity contribution in [1.29, 1.82) is 0 Å². The molecule has 1 fully saturated rings.